The number of hydrogen-bond acceptors (Lipinski definition) is 2. The first kappa shape index (κ1) is 21.4. The summed E-state index contributed by atoms with van der Waals surface area (Å²) in [5.41, 5.74) is -0.380. The lowest BCUT2D eigenvalue weighted by molar-refractivity contribution is -0.139. The highest BCUT2D eigenvalue weighted by Gasteiger charge is 2.31. The second-order valence-corrected chi connectivity index (χ2v) is 7.46. The molecule has 0 aromatic heterocycles. The predicted molar refractivity (Wildman–Crippen MR) is 115 cm³/mol. The molecule has 0 bridgehead atoms. The first-order chi connectivity index (χ1) is 15.2. The van der Waals surface area contributed by atoms with Gasteiger partial charge in [0.2, 0.25) is 0 Å². The lowest BCUT2D eigenvalue weighted by Crippen LogP contribution is -2.42. The Balaban J connectivity index is 1.70. The number of benzene rings is 4. The molecule has 0 aliphatic rings. The fraction of sp³-hybridized carbons (Fsp3) is 0.120. The number of fused-ring (bicyclic) bond motifs is 2. The molecule has 0 saturated heterocycles. The minimum atomic E-state index is -4.54. The van der Waals surface area contributed by atoms with Crippen LogP contribution < -0.4 is 5.32 Å². The molecule has 0 fully saturated rings. The standard InChI is InChI=1S/C25H18F3NO3/c26-25(27,28)18-9-5-6-15(12-18)13-21(24(31)32)29-23(30)22-19-10-3-1-7-16(19)14-17-8-2-4-11-20(17)22/h1-12,14,21H,13H2,(H,29,30)(H,31,32)/t21-/m1/s1. The quantitative estimate of drug-likeness (QED) is 0.409. The summed E-state index contributed by atoms with van der Waals surface area (Å²) in [5, 5.41) is 15.1. The monoisotopic (exact) mass is 437 g/mol. The Bertz CT molecular complexity index is 1280. The molecule has 1 atom stereocenters. The second kappa shape index (κ2) is 8.34. The molecule has 7 heteroatoms. The van der Waals surface area contributed by atoms with E-state index in [1.54, 1.807) is 24.3 Å². The van der Waals surface area contributed by atoms with Gasteiger partial charge in [-0.25, -0.2) is 4.79 Å². The molecule has 162 valence electrons. The van der Waals surface area contributed by atoms with Gasteiger partial charge in [-0.3, -0.25) is 4.79 Å². The van der Waals surface area contributed by atoms with Gasteiger partial charge in [-0.2, -0.15) is 13.2 Å². The normalized spacial score (nSPS) is 12.6. The molecule has 0 aliphatic heterocycles. The molecule has 0 radical (unpaired) electrons. The number of halogens is 3. The van der Waals surface area contributed by atoms with Crippen LogP contribution in [-0.4, -0.2) is 23.0 Å². The molecule has 32 heavy (non-hydrogen) atoms. The minimum absolute atomic E-state index is 0.162. The fourth-order valence-electron chi connectivity index (χ4n) is 3.80. The van der Waals surface area contributed by atoms with E-state index in [9.17, 15) is 27.9 Å². The van der Waals surface area contributed by atoms with Crippen molar-refractivity contribution >= 4 is 33.4 Å². The molecule has 2 N–H and O–H groups in total. The third-order valence-electron chi connectivity index (χ3n) is 5.30. The lowest BCUT2D eigenvalue weighted by atomic mass is 9.95. The number of carboxylic acid groups (broad SMARTS) is 1. The van der Waals surface area contributed by atoms with Gasteiger partial charge in [-0.15, -0.1) is 0 Å². The lowest BCUT2D eigenvalue weighted by Gasteiger charge is -2.18. The van der Waals surface area contributed by atoms with Crippen LogP contribution >= 0.6 is 0 Å². The van der Waals surface area contributed by atoms with Crippen LogP contribution in [0.2, 0.25) is 0 Å². The number of rotatable bonds is 5. The summed E-state index contributed by atoms with van der Waals surface area (Å²) < 4.78 is 39.0. The summed E-state index contributed by atoms with van der Waals surface area (Å²) in [6.45, 7) is 0. The summed E-state index contributed by atoms with van der Waals surface area (Å²) >= 11 is 0. The summed E-state index contributed by atoms with van der Waals surface area (Å²) in [6, 6.07) is 19.5. The number of carboxylic acids is 1. The number of aliphatic carboxylic acids is 1. The molecular weight excluding hydrogens is 419 g/mol. The number of alkyl halides is 3. The minimum Gasteiger partial charge on any atom is -0.480 e. The maximum Gasteiger partial charge on any atom is 0.416 e. The molecule has 4 nitrogen and oxygen atoms in total. The van der Waals surface area contributed by atoms with Gasteiger partial charge in [-0.05, 0) is 39.2 Å². The van der Waals surface area contributed by atoms with Gasteiger partial charge in [0.25, 0.3) is 5.91 Å². The zero-order valence-corrected chi connectivity index (χ0v) is 16.7. The Morgan fingerprint density at radius 2 is 1.44 bits per heavy atom. The highest BCUT2D eigenvalue weighted by Crippen LogP contribution is 2.30. The maximum absolute atomic E-state index is 13.2. The van der Waals surface area contributed by atoms with Crippen molar-refractivity contribution in [3.05, 3.63) is 95.6 Å². The molecule has 4 rings (SSSR count). The second-order valence-electron chi connectivity index (χ2n) is 7.46. The van der Waals surface area contributed by atoms with E-state index in [4.69, 9.17) is 0 Å². The maximum atomic E-state index is 13.2. The van der Waals surface area contributed by atoms with Gasteiger partial charge in [0.1, 0.15) is 6.04 Å². The zero-order valence-electron chi connectivity index (χ0n) is 16.7. The number of nitrogens with one attached hydrogen (secondary N) is 1. The smallest absolute Gasteiger partial charge is 0.416 e. The Labute approximate surface area is 181 Å². The molecule has 4 aromatic rings. The van der Waals surface area contributed by atoms with Gasteiger partial charge >= 0.3 is 12.1 Å². The van der Waals surface area contributed by atoms with Gasteiger partial charge in [-0.1, -0.05) is 66.7 Å². The van der Waals surface area contributed by atoms with E-state index in [2.05, 4.69) is 5.32 Å². The average molecular weight is 437 g/mol. The highest BCUT2D eigenvalue weighted by atomic mass is 19.4. The molecule has 0 spiro atoms. The molecule has 0 unspecified atom stereocenters. The van der Waals surface area contributed by atoms with Gasteiger partial charge in [0.05, 0.1) is 11.1 Å². The van der Waals surface area contributed by atoms with Crippen molar-refractivity contribution in [3.63, 3.8) is 0 Å². The van der Waals surface area contributed by atoms with Crippen molar-refractivity contribution in [1.82, 2.24) is 5.32 Å². The molecule has 4 aromatic carbocycles. The molecule has 0 saturated carbocycles. The average Bonchev–Trinajstić information content (AvgIpc) is 2.76. The van der Waals surface area contributed by atoms with Crippen molar-refractivity contribution in [1.29, 1.82) is 0 Å². The highest BCUT2D eigenvalue weighted by molar-refractivity contribution is 6.18. The van der Waals surface area contributed by atoms with Gasteiger partial charge in [0, 0.05) is 6.42 Å². The summed E-state index contributed by atoms with van der Waals surface area (Å²) in [5.74, 6) is -1.93. The van der Waals surface area contributed by atoms with Gasteiger partial charge < -0.3 is 10.4 Å². The number of carbonyl (C=O) groups excluding carboxylic acids is 1. The Morgan fingerprint density at radius 3 is 2.00 bits per heavy atom. The first-order valence-corrected chi connectivity index (χ1v) is 9.84. The van der Waals surface area contributed by atoms with Crippen LogP contribution in [0, 0.1) is 0 Å². The third-order valence-corrected chi connectivity index (χ3v) is 5.30. The summed E-state index contributed by atoms with van der Waals surface area (Å²) in [7, 11) is 0. The summed E-state index contributed by atoms with van der Waals surface area (Å²) in [6.07, 6.45) is -4.83. The van der Waals surface area contributed by atoms with Crippen molar-refractivity contribution in [2.24, 2.45) is 0 Å². The van der Waals surface area contributed by atoms with E-state index >= 15 is 0 Å². The Kier molecular flexibility index (Phi) is 5.57. The van der Waals surface area contributed by atoms with Crippen LogP contribution in [0.1, 0.15) is 21.5 Å². The number of amides is 1. The van der Waals surface area contributed by atoms with Crippen LogP contribution in [0.15, 0.2) is 78.9 Å². The Hall–Kier alpha value is -3.87. The predicted octanol–water partition coefficient (Wildman–Crippen LogP) is 5.44. The third kappa shape index (κ3) is 4.27. The van der Waals surface area contributed by atoms with Crippen molar-refractivity contribution in [3.8, 4) is 0 Å². The molecular formula is C25H18F3NO3. The van der Waals surface area contributed by atoms with E-state index < -0.39 is 29.7 Å². The van der Waals surface area contributed by atoms with E-state index in [0.717, 1.165) is 22.9 Å². The van der Waals surface area contributed by atoms with E-state index in [1.165, 1.54) is 12.1 Å². The largest absolute Gasteiger partial charge is 0.480 e. The van der Waals surface area contributed by atoms with Crippen LogP contribution in [0.5, 0.6) is 0 Å². The van der Waals surface area contributed by atoms with Crippen molar-refractivity contribution in [2.45, 2.75) is 18.6 Å². The van der Waals surface area contributed by atoms with Gasteiger partial charge in [0.15, 0.2) is 0 Å². The molecule has 0 heterocycles. The topological polar surface area (TPSA) is 66.4 Å². The molecule has 0 aliphatic carbocycles. The Morgan fingerprint density at radius 1 is 0.844 bits per heavy atom. The zero-order chi connectivity index (χ0) is 22.9. The van der Waals surface area contributed by atoms with Crippen LogP contribution in [0.25, 0.3) is 21.5 Å². The van der Waals surface area contributed by atoms with Crippen LogP contribution in [0.4, 0.5) is 13.2 Å². The first-order valence-electron chi connectivity index (χ1n) is 9.84. The number of hydrogen-bond donors (Lipinski definition) is 2. The SMILES string of the molecule is O=C(N[C@H](Cc1cccc(C(F)(F)F)c1)C(=O)O)c1c2ccccc2cc2ccccc12. The van der Waals surface area contributed by atoms with Crippen molar-refractivity contribution < 1.29 is 27.9 Å². The van der Waals surface area contributed by atoms with Crippen molar-refractivity contribution in [2.75, 3.05) is 0 Å². The van der Waals surface area contributed by atoms with Crippen LogP contribution in [-0.2, 0) is 17.4 Å². The van der Waals surface area contributed by atoms with Crippen LogP contribution in [0.3, 0.4) is 0 Å². The molecule has 1 amide bonds. The summed E-state index contributed by atoms with van der Waals surface area (Å²) in [4.78, 5) is 25.1. The van der Waals surface area contributed by atoms with E-state index in [-0.39, 0.29) is 12.0 Å². The number of carbonyl (C=O) groups is 2. The van der Waals surface area contributed by atoms with E-state index in [0.29, 0.717) is 16.3 Å². The van der Waals surface area contributed by atoms with E-state index in [1.807, 2.05) is 30.3 Å². The fourth-order valence-corrected chi connectivity index (χ4v) is 3.80.